The second-order valence-electron chi connectivity index (χ2n) is 9.36. The van der Waals surface area contributed by atoms with Crippen LogP contribution < -0.4 is 16.2 Å². The molecule has 0 amide bonds. The number of amidine groups is 2. The summed E-state index contributed by atoms with van der Waals surface area (Å²) in [4.78, 5) is 6.74. The van der Waals surface area contributed by atoms with E-state index in [1.165, 1.54) is 6.42 Å². The highest BCUT2D eigenvalue weighted by Crippen LogP contribution is 2.25. The molecule has 1 aliphatic heterocycles. The fraction of sp³-hybridized carbons (Fsp3) is 0.321. The highest BCUT2D eigenvalue weighted by Gasteiger charge is 2.25. The van der Waals surface area contributed by atoms with Crippen LogP contribution in [0.4, 0.5) is 5.69 Å². The van der Waals surface area contributed by atoms with Crippen LogP contribution in [0.3, 0.4) is 0 Å². The van der Waals surface area contributed by atoms with Gasteiger partial charge in [0.2, 0.25) is 0 Å². The minimum Gasteiger partial charge on any atom is -0.497 e. The Morgan fingerprint density at radius 2 is 1.63 bits per heavy atom. The SMILES string of the molecule is COc1ccc2cc(C(=N)c3cc(C(=N)N=C(N)CN4C(C)CCCC4C)ccc3N)ccc2c1. The van der Waals surface area contributed by atoms with E-state index in [1.54, 1.807) is 25.3 Å². The molecular formula is C28H34N6O. The molecule has 1 heterocycles. The molecule has 0 aliphatic carbocycles. The first-order valence-corrected chi connectivity index (χ1v) is 12.0. The van der Waals surface area contributed by atoms with Gasteiger partial charge in [-0.3, -0.25) is 15.7 Å². The summed E-state index contributed by atoms with van der Waals surface area (Å²) in [6.45, 7) is 4.98. The first-order chi connectivity index (χ1) is 16.8. The van der Waals surface area contributed by atoms with Crippen molar-refractivity contribution < 1.29 is 4.74 Å². The lowest BCUT2D eigenvalue weighted by Crippen LogP contribution is -2.47. The highest BCUT2D eigenvalue weighted by molar-refractivity contribution is 6.16. The number of aliphatic imine (C=N–C) groups is 1. The van der Waals surface area contributed by atoms with Gasteiger partial charge in [0.1, 0.15) is 11.6 Å². The molecule has 2 atom stereocenters. The van der Waals surface area contributed by atoms with Crippen LogP contribution in [0, 0.1) is 10.8 Å². The monoisotopic (exact) mass is 470 g/mol. The van der Waals surface area contributed by atoms with E-state index in [0.29, 0.717) is 47.0 Å². The Kier molecular flexibility index (Phi) is 7.17. The van der Waals surface area contributed by atoms with Crippen molar-refractivity contribution in [1.82, 2.24) is 4.90 Å². The number of likely N-dealkylation sites (tertiary alicyclic amines) is 1. The number of nitrogen functional groups attached to an aromatic ring is 1. The summed E-state index contributed by atoms with van der Waals surface area (Å²) in [6.07, 6.45) is 3.54. The van der Waals surface area contributed by atoms with Crippen LogP contribution in [0.25, 0.3) is 10.8 Å². The van der Waals surface area contributed by atoms with Gasteiger partial charge < -0.3 is 16.2 Å². The Morgan fingerprint density at radius 1 is 0.971 bits per heavy atom. The number of ether oxygens (including phenoxy) is 1. The van der Waals surface area contributed by atoms with Gasteiger partial charge in [0.25, 0.3) is 0 Å². The number of anilines is 1. The van der Waals surface area contributed by atoms with Gasteiger partial charge in [-0.25, -0.2) is 4.99 Å². The second kappa shape index (κ2) is 10.3. The maximum atomic E-state index is 8.82. The van der Waals surface area contributed by atoms with E-state index in [4.69, 9.17) is 27.0 Å². The maximum Gasteiger partial charge on any atom is 0.153 e. The van der Waals surface area contributed by atoms with Gasteiger partial charge in [-0.05, 0) is 73.9 Å². The Bertz CT molecular complexity index is 1290. The molecule has 1 aliphatic rings. The van der Waals surface area contributed by atoms with Crippen molar-refractivity contribution in [1.29, 1.82) is 10.8 Å². The van der Waals surface area contributed by atoms with Crippen LogP contribution in [0.5, 0.6) is 5.75 Å². The number of hydrogen-bond acceptors (Lipinski definition) is 5. The summed E-state index contributed by atoms with van der Waals surface area (Å²) in [6, 6.07) is 17.8. The van der Waals surface area contributed by atoms with Gasteiger partial charge in [-0.2, -0.15) is 0 Å². The standard InChI is InChI=1S/C28H34N6O/c1-17-5-4-6-18(2)34(17)16-26(30)33-28(32)22-10-12-25(29)24(15-22)27(31)21-8-7-20-14-23(35-3)11-9-19(20)13-21/h7-15,17-18,31H,4-6,16,29H2,1-3H3,(H3,30,32,33). The molecule has 0 spiro atoms. The molecule has 0 bridgehead atoms. The topological polar surface area (TPSA) is 125 Å². The first kappa shape index (κ1) is 24.4. The zero-order valence-corrected chi connectivity index (χ0v) is 20.6. The van der Waals surface area contributed by atoms with Gasteiger partial charge in [0.05, 0.1) is 19.4 Å². The van der Waals surface area contributed by atoms with Gasteiger partial charge in [-0.15, -0.1) is 0 Å². The molecular weight excluding hydrogens is 436 g/mol. The fourth-order valence-electron chi connectivity index (χ4n) is 4.80. The normalized spacial score (nSPS) is 19.0. The Labute approximate surface area is 206 Å². The smallest absolute Gasteiger partial charge is 0.153 e. The van der Waals surface area contributed by atoms with Crippen LogP contribution in [0.15, 0.2) is 59.6 Å². The molecule has 7 heteroatoms. The van der Waals surface area contributed by atoms with Gasteiger partial charge in [0, 0.05) is 34.5 Å². The Morgan fingerprint density at radius 3 is 2.34 bits per heavy atom. The summed E-state index contributed by atoms with van der Waals surface area (Å²) < 4.78 is 5.30. The summed E-state index contributed by atoms with van der Waals surface area (Å²) in [5.74, 6) is 1.29. The van der Waals surface area contributed by atoms with E-state index in [9.17, 15) is 0 Å². The van der Waals surface area contributed by atoms with E-state index >= 15 is 0 Å². The van der Waals surface area contributed by atoms with E-state index in [0.717, 1.165) is 34.9 Å². The van der Waals surface area contributed by atoms with E-state index in [1.807, 2.05) is 36.4 Å². The molecule has 0 radical (unpaired) electrons. The van der Waals surface area contributed by atoms with Gasteiger partial charge in [-0.1, -0.05) is 24.6 Å². The summed E-state index contributed by atoms with van der Waals surface area (Å²) in [7, 11) is 1.64. The van der Waals surface area contributed by atoms with Crippen molar-refractivity contribution in [2.75, 3.05) is 19.4 Å². The van der Waals surface area contributed by atoms with Crippen LogP contribution in [-0.4, -0.2) is 48.0 Å². The van der Waals surface area contributed by atoms with E-state index in [2.05, 4.69) is 23.7 Å². The zero-order chi connectivity index (χ0) is 25.1. The quantitative estimate of drug-likeness (QED) is 0.235. The lowest BCUT2D eigenvalue weighted by atomic mass is 9.96. The largest absolute Gasteiger partial charge is 0.497 e. The highest BCUT2D eigenvalue weighted by atomic mass is 16.5. The zero-order valence-electron chi connectivity index (χ0n) is 20.6. The van der Waals surface area contributed by atoms with Crippen molar-refractivity contribution in [3.05, 3.63) is 71.3 Å². The maximum absolute atomic E-state index is 8.82. The van der Waals surface area contributed by atoms with Gasteiger partial charge >= 0.3 is 0 Å². The van der Waals surface area contributed by atoms with Crippen molar-refractivity contribution in [3.8, 4) is 5.75 Å². The molecule has 2 unspecified atom stereocenters. The minimum absolute atomic E-state index is 0.0690. The summed E-state index contributed by atoms with van der Waals surface area (Å²) in [5, 5.41) is 19.4. The lowest BCUT2D eigenvalue weighted by molar-refractivity contribution is 0.123. The molecule has 4 rings (SSSR count). The third-order valence-corrected chi connectivity index (χ3v) is 6.91. The number of nitrogens with two attached hydrogens (primary N) is 2. The average Bonchev–Trinajstić information content (AvgIpc) is 2.85. The number of benzene rings is 3. The number of nitrogens with one attached hydrogen (secondary N) is 2. The number of piperidine rings is 1. The van der Waals surface area contributed by atoms with Crippen LogP contribution >= 0.6 is 0 Å². The predicted molar refractivity (Wildman–Crippen MR) is 145 cm³/mol. The molecule has 1 fully saturated rings. The molecule has 0 saturated carbocycles. The molecule has 3 aromatic carbocycles. The van der Waals surface area contributed by atoms with Crippen LogP contribution in [0.2, 0.25) is 0 Å². The molecule has 6 N–H and O–H groups in total. The fourth-order valence-corrected chi connectivity index (χ4v) is 4.80. The molecule has 35 heavy (non-hydrogen) atoms. The molecule has 3 aromatic rings. The number of methoxy groups -OCH3 is 1. The predicted octanol–water partition coefficient (Wildman–Crippen LogP) is 4.79. The van der Waals surface area contributed by atoms with E-state index < -0.39 is 0 Å². The number of nitrogens with zero attached hydrogens (tertiary/aromatic N) is 2. The third-order valence-electron chi connectivity index (χ3n) is 6.91. The molecule has 182 valence electrons. The van der Waals surface area contributed by atoms with E-state index in [-0.39, 0.29) is 5.84 Å². The second-order valence-corrected chi connectivity index (χ2v) is 9.36. The first-order valence-electron chi connectivity index (χ1n) is 12.0. The molecule has 1 saturated heterocycles. The van der Waals surface area contributed by atoms with Crippen molar-refractivity contribution in [3.63, 3.8) is 0 Å². The Balaban J connectivity index is 1.56. The van der Waals surface area contributed by atoms with Crippen LogP contribution in [-0.2, 0) is 0 Å². The number of rotatable bonds is 6. The van der Waals surface area contributed by atoms with Crippen LogP contribution in [0.1, 0.15) is 49.8 Å². The van der Waals surface area contributed by atoms with Crippen molar-refractivity contribution >= 4 is 33.8 Å². The molecule has 7 nitrogen and oxygen atoms in total. The third kappa shape index (κ3) is 5.35. The van der Waals surface area contributed by atoms with Crippen molar-refractivity contribution in [2.24, 2.45) is 10.7 Å². The summed E-state index contributed by atoms with van der Waals surface area (Å²) >= 11 is 0. The number of fused-ring (bicyclic) bond motifs is 1. The molecule has 0 aromatic heterocycles. The minimum atomic E-state index is 0.0690. The van der Waals surface area contributed by atoms with Crippen molar-refractivity contribution in [2.45, 2.75) is 45.2 Å². The number of hydrogen-bond donors (Lipinski definition) is 4. The summed E-state index contributed by atoms with van der Waals surface area (Å²) in [5.41, 5.74) is 15.1. The van der Waals surface area contributed by atoms with Gasteiger partial charge in [0.15, 0.2) is 5.84 Å². The average molecular weight is 471 g/mol. The lowest BCUT2D eigenvalue weighted by Gasteiger charge is -2.38. The Hall–Kier alpha value is -3.71.